The molecular formula is C15H26N4O. The predicted octanol–water partition coefficient (Wildman–Crippen LogP) is 2.39. The molecule has 1 rings (SSSR count). The molecule has 0 aromatic carbocycles. The number of anilines is 2. The Morgan fingerprint density at radius 3 is 2.70 bits per heavy atom. The fraction of sp³-hybridized carbons (Fsp3) is 0.600. The highest BCUT2D eigenvalue weighted by Gasteiger charge is 2.06. The normalized spacial score (nSPS) is 10.3. The average Bonchev–Trinajstić information content (AvgIpc) is 2.47. The largest absolute Gasteiger partial charge is 0.371 e. The van der Waals surface area contributed by atoms with E-state index in [9.17, 15) is 4.79 Å². The lowest BCUT2D eigenvalue weighted by atomic mass is 10.2. The maximum atomic E-state index is 11.6. The molecule has 0 atom stereocenters. The molecule has 0 radical (unpaired) electrons. The molecular weight excluding hydrogens is 252 g/mol. The van der Waals surface area contributed by atoms with E-state index >= 15 is 0 Å². The van der Waals surface area contributed by atoms with Crippen molar-refractivity contribution >= 4 is 17.4 Å². The monoisotopic (exact) mass is 278 g/mol. The maximum absolute atomic E-state index is 11.6. The quantitative estimate of drug-likeness (QED) is 0.727. The van der Waals surface area contributed by atoms with Gasteiger partial charge in [0.1, 0.15) is 5.82 Å². The van der Waals surface area contributed by atoms with Crippen LogP contribution in [0.1, 0.15) is 39.5 Å². The van der Waals surface area contributed by atoms with Crippen molar-refractivity contribution in [3.63, 3.8) is 0 Å². The van der Waals surface area contributed by atoms with E-state index < -0.39 is 0 Å². The fourth-order valence-corrected chi connectivity index (χ4v) is 1.93. The van der Waals surface area contributed by atoms with Gasteiger partial charge in [0.25, 0.3) is 0 Å². The molecule has 5 nitrogen and oxygen atoms in total. The highest BCUT2D eigenvalue weighted by atomic mass is 16.1. The summed E-state index contributed by atoms with van der Waals surface area (Å²) in [6, 6.07) is 3.86. The minimum atomic E-state index is -0.0333. The molecule has 1 aromatic heterocycles. The lowest BCUT2D eigenvalue weighted by Crippen LogP contribution is -2.24. The lowest BCUT2D eigenvalue weighted by molar-refractivity contribution is -0.116. The Labute approximate surface area is 121 Å². The Morgan fingerprint density at radius 2 is 2.15 bits per heavy atom. The van der Waals surface area contributed by atoms with Gasteiger partial charge in [0.15, 0.2) is 0 Å². The first-order valence-corrected chi connectivity index (χ1v) is 7.42. The van der Waals surface area contributed by atoms with Crippen molar-refractivity contribution in [1.82, 2.24) is 4.98 Å². The maximum Gasteiger partial charge on any atom is 0.225 e. The molecule has 0 saturated heterocycles. The van der Waals surface area contributed by atoms with Gasteiger partial charge in [-0.05, 0) is 38.4 Å². The van der Waals surface area contributed by atoms with E-state index in [0.717, 1.165) is 18.8 Å². The van der Waals surface area contributed by atoms with Crippen LogP contribution in [0.15, 0.2) is 18.3 Å². The molecule has 1 amide bonds. The number of nitrogens with one attached hydrogen (secondary N) is 1. The lowest BCUT2D eigenvalue weighted by Gasteiger charge is -2.22. The molecule has 20 heavy (non-hydrogen) atoms. The van der Waals surface area contributed by atoms with Gasteiger partial charge >= 0.3 is 0 Å². The molecule has 0 aliphatic carbocycles. The summed E-state index contributed by atoms with van der Waals surface area (Å²) in [5, 5.41) is 2.78. The Hall–Kier alpha value is -1.62. The van der Waals surface area contributed by atoms with Gasteiger partial charge in [0.05, 0.1) is 11.9 Å². The van der Waals surface area contributed by atoms with Crippen molar-refractivity contribution in [2.75, 3.05) is 29.9 Å². The van der Waals surface area contributed by atoms with Crippen molar-refractivity contribution in [3.8, 4) is 0 Å². The van der Waals surface area contributed by atoms with Gasteiger partial charge in [-0.3, -0.25) is 4.79 Å². The van der Waals surface area contributed by atoms with Gasteiger partial charge < -0.3 is 16.0 Å². The highest BCUT2D eigenvalue weighted by molar-refractivity contribution is 5.89. The van der Waals surface area contributed by atoms with E-state index in [1.54, 1.807) is 0 Å². The number of carbonyl (C=O) groups excluding carboxylic acids is 1. The Kier molecular flexibility index (Phi) is 7.65. The van der Waals surface area contributed by atoms with Crippen molar-refractivity contribution in [1.29, 1.82) is 0 Å². The molecule has 1 heterocycles. The first-order chi connectivity index (χ1) is 9.71. The standard InChI is InChI=1S/C15H26N4O/c1-3-5-11-19(4-2)13-8-9-14(17-12-13)18-15(20)7-6-10-16/h8-9,12H,3-7,10-11,16H2,1-2H3,(H,17,18,20). The summed E-state index contributed by atoms with van der Waals surface area (Å²) in [5.41, 5.74) is 6.48. The molecule has 3 N–H and O–H groups in total. The Balaban J connectivity index is 2.56. The van der Waals surface area contributed by atoms with E-state index in [1.165, 1.54) is 12.8 Å². The number of hydrogen-bond donors (Lipinski definition) is 2. The number of amides is 1. The first-order valence-electron chi connectivity index (χ1n) is 7.42. The second kappa shape index (κ2) is 9.31. The summed E-state index contributed by atoms with van der Waals surface area (Å²) < 4.78 is 0. The van der Waals surface area contributed by atoms with Crippen LogP contribution < -0.4 is 16.0 Å². The van der Waals surface area contributed by atoms with E-state index in [1.807, 2.05) is 18.3 Å². The number of nitrogens with two attached hydrogens (primary N) is 1. The third-order valence-electron chi connectivity index (χ3n) is 3.15. The molecule has 0 aliphatic rings. The Morgan fingerprint density at radius 1 is 1.35 bits per heavy atom. The van der Waals surface area contributed by atoms with Crippen LogP contribution >= 0.6 is 0 Å². The highest BCUT2D eigenvalue weighted by Crippen LogP contribution is 2.15. The van der Waals surface area contributed by atoms with Crippen molar-refractivity contribution in [2.45, 2.75) is 39.5 Å². The molecule has 0 aliphatic heterocycles. The summed E-state index contributed by atoms with van der Waals surface area (Å²) in [5.74, 6) is 0.566. The van der Waals surface area contributed by atoms with Crippen LogP contribution in [0.25, 0.3) is 0 Å². The van der Waals surface area contributed by atoms with Gasteiger partial charge in [0, 0.05) is 19.5 Å². The molecule has 0 saturated carbocycles. The molecule has 1 aromatic rings. The van der Waals surface area contributed by atoms with Crippen LogP contribution in [-0.4, -0.2) is 30.5 Å². The molecule has 5 heteroatoms. The minimum absolute atomic E-state index is 0.0333. The zero-order valence-corrected chi connectivity index (χ0v) is 12.6. The predicted molar refractivity (Wildman–Crippen MR) is 84.0 cm³/mol. The summed E-state index contributed by atoms with van der Waals surface area (Å²) in [7, 11) is 0. The van der Waals surface area contributed by atoms with Gasteiger partial charge in [-0.15, -0.1) is 0 Å². The zero-order valence-electron chi connectivity index (χ0n) is 12.6. The van der Waals surface area contributed by atoms with E-state index in [0.29, 0.717) is 25.2 Å². The number of carbonyl (C=O) groups is 1. The number of nitrogens with zero attached hydrogens (tertiary/aromatic N) is 2. The van der Waals surface area contributed by atoms with Gasteiger partial charge in [-0.25, -0.2) is 4.98 Å². The number of aromatic nitrogens is 1. The fourth-order valence-electron chi connectivity index (χ4n) is 1.93. The summed E-state index contributed by atoms with van der Waals surface area (Å²) in [6.07, 6.45) is 5.31. The van der Waals surface area contributed by atoms with E-state index in [4.69, 9.17) is 5.73 Å². The van der Waals surface area contributed by atoms with Crippen LogP contribution in [0, 0.1) is 0 Å². The van der Waals surface area contributed by atoms with E-state index in [-0.39, 0.29) is 5.91 Å². The SMILES string of the molecule is CCCCN(CC)c1ccc(NC(=O)CCCN)nc1. The number of unbranched alkanes of at least 4 members (excludes halogenated alkanes) is 1. The molecule has 0 unspecified atom stereocenters. The van der Waals surface area contributed by atoms with Crippen molar-refractivity contribution in [2.24, 2.45) is 5.73 Å². The molecule has 112 valence electrons. The number of hydrogen-bond acceptors (Lipinski definition) is 4. The van der Waals surface area contributed by atoms with Crippen LogP contribution in [0.4, 0.5) is 11.5 Å². The van der Waals surface area contributed by atoms with Gasteiger partial charge in [0.2, 0.25) is 5.91 Å². The van der Waals surface area contributed by atoms with Gasteiger partial charge in [-0.1, -0.05) is 13.3 Å². The second-order valence-corrected chi connectivity index (χ2v) is 4.78. The Bertz CT molecular complexity index is 391. The topological polar surface area (TPSA) is 71.2 Å². The van der Waals surface area contributed by atoms with Crippen molar-refractivity contribution < 1.29 is 4.79 Å². The zero-order chi connectivity index (χ0) is 14.8. The van der Waals surface area contributed by atoms with Crippen LogP contribution in [0.2, 0.25) is 0 Å². The molecule has 0 spiro atoms. The van der Waals surface area contributed by atoms with E-state index in [2.05, 4.69) is 29.0 Å². The smallest absolute Gasteiger partial charge is 0.225 e. The summed E-state index contributed by atoms with van der Waals surface area (Å²) in [6.45, 7) is 6.85. The van der Waals surface area contributed by atoms with Crippen molar-refractivity contribution in [3.05, 3.63) is 18.3 Å². The van der Waals surface area contributed by atoms with Crippen LogP contribution in [0.3, 0.4) is 0 Å². The summed E-state index contributed by atoms with van der Waals surface area (Å²) in [4.78, 5) is 18.2. The third-order valence-corrected chi connectivity index (χ3v) is 3.15. The average molecular weight is 278 g/mol. The molecule has 0 fully saturated rings. The molecule has 0 bridgehead atoms. The van der Waals surface area contributed by atoms with Crippen LogP contribution in [-0.2, 0) is 4.79 Å². The summed E-state index contributed by atoms with van der Waals surface area (Å²) >= 11 is 0. The minimum Gasteiger partial charge on any atom is -0.371 e. The third kappa shape index (κ3) is 5.57. The van der Waals surface area contributed by atoms with Gasteiger partial charge in [-0.2, -0.15) is 0 Å². The first kappa shape index (κ1) is 16.4. The van der Waals surface area contributed by atoms with Crippen LogP contribution in [0.5, 0.6) is 0 Å². The number of pyridine rings is 1. The second-order valence-electron chi connectivity index (χ2n) is 4.78. The number of rotatable bonds is 9.